The van der Waals surface area contributed by atoms with Gasteiger partial charge in [-0.3, -0.25) is 0 Å². The smallest absolute Gasteiger partial charge is 0.336 e. The lowest BCUT2D eigenvalue weighted by Gasteiger charge is -2.08. The number of rotatable bonds is 3. The van der Waals surface area contributed by atoms with E-state index in [-0.39, 0.29) is 5.63 Å². The third kappa shape index (κ3) is 3.17. The van der Waals surface area contributed by atoms with E-state index in [0.717, 1.165) is 32.4 Å². The van der Waals surface area contributed by atoms with Gasteiger partial charge >= 0.3 is 5.63 Å². The second kappa shape index (κ2) is 6.37. The molecule has 0 spiro atoms. The van der Waals surface area contributed by atoms with Crippen LogP contribution >= 0.6 is 11.8 Å². The quantitative estimate of drug-likeness (QED) is 0.375. The van der Waals surface area contributed by atoms with Crippen LogP contribution in [0.1, 0.15) is 16.7 Å². The third-order valence-electron chi connectivity index (χ3n) is 4.39. The van der Waals surface area contributed by atoms with Crippen LogP contribution < -0.4 is 5.63 Å². The van der Waals surface area contributed by atoms with Crippen molar-refractivity contribution in [2.24, 2.45) is 0 Å². The molecule has 4 heteroatoms. The van der Waals surface area contributed by atoms with Gasteiger partial charge in [-0.25, -0.2) is 9.78 Å². The van der Waals surface area contributed by atoms with Crippen molar-refractivity contribution in [3.63, 3.8) is 0 Å². The summed E-state index contributed by atoms with van der Waals surface area (Å²) in [5, 5.41) is 3.07. The van der Waals surface area contributed by atoms with Gasteiger partial charge in [0.05, 0.1) is 10.5 Å². The first-order chi connectivity index (χ1) is 12.1. The van der Waals surface area contributed by atoms with E-state index in [2.05, 4.69) is 30.1 Å². The van der Waals surface area contributed by atoms with Crippen LogP contribution in [0.3, 0.4) is 0 Å². The average molecular weight is 347 g/mol. The molecule has 4 aromatic rings. The molecule has 2 aromatic heterocycles. The number of aromatic nitrogens is 1. The third-order valence-corrected chi connectivity index (χ3v) is 5.37. The van der Waals surface area contributed by atoms with E-state index < -0.39 is 0 Å². The molecule has 2 heterocycles. The molecule has 0 atom stereocenters. The molecule has 2 aromatic carbocycles. The predicted molar refractivity (Wildman–Crippen MR) is 103 cm³/mol. The van der Waals surface area contributed by atoms with Crippen molar-refractivity contribution in [1.29, 1.82) is 0 Å². The van der Waals surface area contributed by atoms with E-state index in [0.29, 0.717) is 11.3 Å². The molecule has 0 aliphatic heterocycles. The summed E-state index contributed by atoms with van der Waals surface area (Å²) in [4.78, 5) is 16.6. The molecule has 0 unspecified atom stereocenters. The van der Waals surface area contributed by atoms with E-state index in [1.165, 1.54) is 5.56 Å². The molecule has 25 heavy (non-hydrogen) atoms. The Morgan fingerprint density at radius 3 is 2.68 bits per heavy atom. The van der Waals surface area contributed by atoms with Crippen LogP contribution in [-0.2, 0) is 5.75 Å². The number of fused-ring (bicyclic) bond motifs is 2. The number of pyridine rings is 1. The normalized spacial score (nSPS) is 11.3. The minimum Gasteiger partial charge on any atom is -0.423 e. The molecule has 124 valence electrons. The van der Waals surface area contributed by atoms with E-state index in [9.17, 15) is 4.79 Å². The van der Waals surface area contributed by atoms with Crippen molar-refractivity contribution in [3.8, 4) is 0 Å². The fourth-order valence-corrected chi connectivity index (χ4v) is 3.75. The highest BCUT2D eigenvalue weighted by Crippen LogP contribution is 2.28. The van der Waals surface area contributed by atoms with Crippen molar-refractivity contribution in [1.82, 2.24) is 4.98 Å². The van der Waals surface area contributed by atoms with Crippen molar-refractivity contribution >= 4 is 33.6 Å². The number of benzene rings is 2. The Morgan fingerprint density at radius 2 is 1.80 bits per heavy atom. The standard InChI is InChI=1S/C21H17NO2S/c1-13-9-17-16(11-21(23)24-19(17)10-14(13)2)12-25-20-8-7-15-5-3-4-6-18(15)22-20/h3-11H,12H2,1-2H3. The van der Waals surface area contributed by atoms with Gasteiger partial charge in [0.25, 0.3) is 0 Å². The zero-order valence-electron chi connectivity index (χ0n) is 14.1. The van der Waals surface area contributed by atoms with E-state index >= 15 is 0 Å². The predicted octanol–water partition coefficient (Wildman–Crippen LogP) is 5.25. The zero-order valence-corrected chi connectivity index (χ0v) is 14.9. The van der Waals surface area contributed by atoms with Crippen LogP contribution in [0.25, 0.3) is 21.9 Å². The van der Waals surface area contributed by atoms with Gasteiger partial charge in [0.2, 0.25) is 0 Å². The molecule has 0 aliphatic rings. The maximum atomic E-state index is 11.9. The topological polar surface area (TPSA) is 43.1 Å². The number of para-hydroxylation sites is 1. The lowest BCUT2D eigenvalue weighted by molar-refractivity contribution is 0.559. The first kappa shape index (κ1) is 15.9. The molecule has 0 saturated heterocycles. The molecule has 0 saturated carbocycles. The Labute approximate surface area is 149 Å². The minimum absolute atomic E-state index is 0.308. The fourth-order valence-electron chi connectivity index (χ4n) is 2.88. The summed E-state index contributed by atoms with van der Waals surface area (Å²) in [7, 11) is 0. The molecule has 3 nitrogen and oxygen atoms in total. The maximum absolute atomic E-state index is 11.9. The summed E-state index contributed by atoms with van der Waals surface area (Å²) in [5.41, 5.74) is 4.62. The molecular weight excluding hydrogens is 330 g/mol. The van der Waals surface area contributed by atoms with Gasteiger partial charge < -0.3 is 4.42 Å². The molecule has 0 N–H and O–H groups in total. The van der Waals surface area contributed by atoms with Crippen LogP contribution in [0.4, 0.5) is 0 Å². The van der Waals surface area contributed by atoms with Crippen molar-refractivity contribution in [2.45, 2.75) is 24.6 Å². The molecule has 0 amide bonds. The van der Waals surface area contributed by atoms with Gasteiger partial charge in [0.15, 0.2) is 0 Å². The van der Waals surface area contributed by atoms with Crippen molar-refractivity contribution in [2.75, 3.05) is 0 Å². The Balaban J connectivity index is 1.70. The maximum Gasteiger partial charge on any atom is 0.336 e. The van der Waals surface area contributed by atoms with Crippen LogP contribution in [-0.4, -0.2) is 4.98 Å². The molecule has 4 rings (SSSR count). The highest BCUT2D eigenvalue weighted by molar-refractivity contribution is 7.98. The SMILES string of the molecule is Cc1cc2oc(=O)cc(CSc3ccc4ccccc4n3)c2cc1C. The van der Waals surface area contributed by atoms with Gasteiger partial charge in [0, 0.05) is 22.6 Å². The second-order valence-corrected chi connectivity index (χ2v) is 7.15. The molecule has 0 radical (unpaired) electrons. The van der Waals surface area contributed by atoms with Crippen molar-refractivity contribution < 1.29 is 4.42 Å². The van der Waals surface area contributed by atoms with Gasteiger partial charge in [-0.2, -0.15) is 0 Å². The second-order valence-electron chi connectivity index (χ2n) is 6.15. The summed E-state index contributed by atoms with van der Waals surface area (Å²) in [6, 6.07) is 17.8. The summed E-state index contributed by atoms with van der Waals surface area (Å²) in [5.74, 6) is 0.677. The van der Waals surface area contributed by atoms with Crippen LogP contribution in [0.15, 0.2) is 68.8 Å². The number of thioether (sulfide) groups is 1. The fraction of sp³-hybridized carbons (Fsp3) is 0.143. The van der Waals surface area contributed by atoms with E-state index in [4.69, 9.17) is 4.42 Å². The van der Waals surface area contributed by atoms with Gasteiger partial charge in [-0.05, 0) is 54.8 Å². The Morgan fingerprint density at radius 1 is 1.00 bits per heavy atom. The average Bonchev–Trinajstić information content (AvgIpc) is 2.61. The summed E-state index contributed by atoms with van der Waals surface area (Å²) in [6.07, 6.45) is 0. The summed E-state index contributed by atoms with van der Waals surface area (Å²) >= 11 is 1.63. The molecule has 0 bridgehead atoms. The first-order valence-electron chi connectivity index (χ1n) is 8.13. The Kier molecular flexibility index (Phi) is 4.06. The lowest BCUT2D eigenvalue weighted by Crippen LogP contribution is -2.00. The molecule has 0 fully saturated rings. The highest BCUT2D eigenvalue weighted by atomic mass is 32.2. The van der Waals surface area contributed by atoms with Gasteiger partial charge in [0.1, 0.15) is 5.58 Å². The summed E-state index contributed by atoms with van der Waals surface area (Å²) in [6.45, 7) is 4.09. The minimum atomic E-state index is -0.308. The van der Waals surface area contributed by atoms with Gasteiger partial charge in [-0.1, -0.05) is 24.3 Å². The van der Waals surface area contributed by atoms with E-state index in [1.54, 1.807) is 17.8 Å². The first-order valence-corrected chi connectivity index (χ1v) is 9.11. The number of aryl methyl sites for hydroxylation is 2. The summed E-state index contributed by atoms with van der Waals surface area (Å²) < 4.78 is 5.37. The van der Waals surface area contributed by atoms with Gasteiger partial charge in [-0.15, -0.1) is 11.8 Å². The number of hydrogen-bond donors (Lipinski definition) is 0. The Bertz CT molecular complexity index is 1150. The van der Waals surface area contributed by atoms with Crippen LogP contribution in [0, 0.1) is 13.8 Å². The lowest BCUT2D eigenvalue weighted by atomic mass is 10.0. The molecular formula is C21H17NO2S. The van der Waals surface area contributed by atoms with Crippen LogP contribution in [0.5, 0.6) is 0 Å². The zero-order chi connectivity index (χ0) is 17.4. The number of hydrogen-bond acceptors (Lipinski definition) is 4. The Hall–Kier alpha value is -2.59. The van der Waals surface area contributed by atoms with E-state index in [1.807, 2.05) is 37.3 Å². The monoisotopic (exact) mass is 347 g/mol. The highest BCUT2D eigenvalue weighted by Gasteiger charge is 2.09. The van der Waals surface area contributed by atoms with Crippen molar-refractivity contribution in [3.05, 3.63) is 81.7 Å². The molecule has 0 aliphatic carbocycles. The van der Waals surface area contributed by atoms with Crippen LogP contribution in [0.2, 0.25) is 0 Å². The number of nitrogens with zero attached hydrogens (tertiary/aromatic N) is 1. The largest absolute Gasteiger partial charge is 0.423 e.